The quantitative estimate of drug-likeness (QED) is 0.484. The maximum absolute atomic E-state index is 7.56. The van der Waals surface area contributed by atoms with Gasteiger partial charge in [-0.3, -0.25) is 0 Å². The minimum atomic E-state index is -0.500. The highest BCUT2D eigenvalue weighted by Gasteiger charge is 2.10. The van der Waals surface area contributed by atoms with E-state index in [9.17, 15) is 0 Å². The van der Waals surface area contributed by atoms with E-state index in [1.807, 2.05) is 50.8 Å². The van der Waals surface area contributed by atoms with E-state index in [0.29, 0.717) is 15.9 Å². The minimum Gasteiger partial charge on any atom is -0.487 e. The van der Waals surface area contributed by atoms with Crippen LogP contribution in [0.15, 0.2) is 18.2 Å². The van der Waals surface area contributed by atoms with Crippen LogP contribution in [-0.4, -0.2) is 33.4 Å². The average Bonchev–Trinajstić information content (AvgIpc) is 2.45. The van der Waals surface area contributed by atoms with Crippen LogP contribution >= 0.6 is 58.6 Å². The van der Waals surface area contributed by atoms with Crippen molar-refractivity contribution >= 4 is 69.0 Å². The van der Waals surface area contributed by atoms with E-state index in [1.54, 1.807) is 0 Å². The van der Waals surface area contributed by atoms with Crippen LogP contribution < -0.4 is 10.5 Å². The maximum Gasteiger partial charge on any atom is 0.264 e. The predicted molar refractivity (Wildman–Crippen MR) is 111 cm³/mol. The van der Waals surface area contributed by atoms with Gasteiger partial charge in [-0.05, 0) is 79.1 Å². The molecule has 22 heavy (non-hydrogen) atoms. The molecular weight excluding hydrogens is 455 g/mol. The molecule has 0 atom stereocenters. The Hall–Kier alpha value is -0.380. The monoisotopic (exact) mass is 476 g/mol. The average molecular weight is 477 g/mol. The van der Waals surface area contributed by atoms with Gasteiger partial charge in [0.25, 0.3) is 10.3 Å². The first-order valence-electron chi connectivity index (χ1n) is 6.72. The molecular formula is C14H22ClIN2O2S2. The number of nitrogens with zero attached hydrogens (tertiary/aromatic N) is 1. The normalized spacial score (nSPS) is 8.64. The summed E-state index contributed by atoms with van der Waals surface area (Å²) >= 11 is 17.3. The van der Waals surface area contributed by atoms with Crippen molar-refractivity contribution in [3.05, 3.63) is 26.8 Å². The predicted octanol–water partition coefficient (Wildman–Crippen LogP) is 4.76. The lowest BCUT2D eigenvalue weighted by molar-refractivity contribution is 0.379. The Labute approximate surface area is 162 Å². The zero-order valence-electron chi connectivity index (χ0n) is 13.1. The van der Waals surface area contributed by atoms with Crippen molar-refractivity contribution in [1.82, 2.24) is 4.90 Å². The fourth-order valence-corrected chi connectivity index (χ4v) is 2.44. The SMILES string of the molecule is CC.CCN(CC)C(=S)Oc1ccc(I)cc1Cl.NC(O)=S. The molecule has 3 N–H and O–H groups in total. The molecule has 0 heterocycles. The molecule has 0 aliphatic heterocycles. The van der Waals surface area contributed by atoms with Gasteiger partial charge in [-0.15, -0.1) is 0 Å². The van der Waals surface area contributed by atoms with Gasteiger partial charge in [0.05, 0.1) is 5.02 Å². The number of aliphatic hydroxyl groups is 1. The highest BCUT2D eigenvalue weighted by atomic mass is 127. The van der Waals surface area contributed by atoms with Crippen molar-refractivity contribution in [2.45, 2.75) is 27.7 Å². The van der Waals surface area contributed by atoms with Gasteiger partial charge in [0, 0.05) is 16.7 Å². The molecule has 0 saturated heterocycles. The van der Waals surface area contributed by atoms with Gasteiger partial charge < -0.3 is 20.5 Å². The van der Waals surface area contributed by atoms with Crippen LogP contribution in [0.2, 0.25) is 5.02 Å². The van der Waals surface area contributed by atoms with Gasteiger partial charge in [0.2, 0.25) is 0 Å². The molecule has 8 heteroatoms. The van der Waals surface area contributed by atoms with Gasteiger partial charge in [-0.1, -0.05) is 25.4 Å². The summed E-state index contributed by atoms with van der Waals surface area (Å²) in [5.74, 6) is 0.610. The molecule has 126 valence electrons. The van der Waals surface area contributed by atoms with Crippen LogP contribution in [0.25, 0.3) is 0 Å². The lowest BCUT2D eigenvalue weighted by Gasteiger charge is -2.21. The third-order valence-electron chi connectivity index (χ3n) is 2.11. The number of hydrogen-bond donors (Lipinski definition) is 2. The second-order valence-corrected chi connectivity index (χ2v) is 5.87. The first kappa shape index (κ1) is 23.9. The van der Waals surface area contributed by atoms with Crippen molar-refractivity contribution in [1.29, 1.82) is 0 Å². The highest BCUT2D eigenvalue weighted by Crippen LogP contribution is 2.26. The van der Waals surface area contributed by atoms with Crippen molar-refractivity contribution in [2.24, 2.45) is 5.73 Å². The van der Waals surface area contributed by atoms with Crippen LogP contribution in [0.4, 0.5) is 0 Å². The first-order valence-corrected chi connectivity index (χ1v) is 8.99. The van der Waals surface area contributed by atoms with E-state index in [-0.39, 0.29) is 0 Å². The molecule has 0 bridgehead atoms. The first-order chi connectivity index (χ1) is 10.3. The van der Waals surface area contributed by atoms with E-state index in [0.717, 1.165) is 16.7 Å². The molecule has 0 saturated carbocycles. The molecule has 1 aromatic rings. The molecule has 0 radical (unpaired) electrons. The summed E-state index contributed by atoms with van der Waals surface area (Å²) in [6.07, 6.45) is 0. The lowest BCUT2D eigenvalue weighted by atomic mass is 10.3. The van der Waals surface area contributed by atoms with Crippen molar-refractivity contribution < 1.29 is 9.84 Å². The summed E-state index contributed by atoms with van der Waals surface area (Å²) in [6.45, 7) is 9.73. The molecule has 1 rings (SSSR count). The Morgan fingerprint density at radius 2 is 1.77 bits per heavy atom. The van der Waals surface area contributed by atoms with Crippen molar-refractivity contribution in [3.63, 3.8) is 0 Å². The second-order valence-electron chi connectivity index (χ2n) is 3.45. The highest BCUT2D eigenvalue weighted by molar-refractivity contribution is 14.1. The Balaban J connectivity index is 0. The van der Waals surface area contributed by atoms with Gasteiger partial charge in [-0.2, -0.15) is 0 Å². The maximum atomic E-state index is 7.56. The van der Waals surface area contributed by atoms with Crippen molar-refractivity contribution in [2.75, 3.05) is 13.1 Å². The zero-order chi connectivity index (χ0) is 17.7. The third kappa shape index (κ3) is 11.2. The van der Waals surface area contributed by atoms with E-state index in [4.69, 9.17) is 33.7 Å². The second kappa shape index (κ2) is 14.2. The standard InChI is InChI=1S/C11H13ClINOS.C2H6.CH3NOS/c1-3-14(4-2)11(16)15-10-6-5-8(13)7-9(10)12;1-2;2-1(3)4/h5-7H,3-4H2,1-2H3;1-2H3;(H3,2,3,4). The Morgan fingerprint density at radius 3 is 2.14 bits per heavy atom. The van der Waals surface area contributed by atoms with Crippen LogP contribution in [-0.2, 0) is 0 Å². The Kier molecular flexibility index (Phi) is 15.4. The van der Waals surface area contributed by atoms with Crippen molar-refractivity contribution in [3.8, 4) is 5.75 Å². The summed E-state index contributed by atoms with van der Waals surface area (Å²) in [7, 11) is 0. The van der Waals surface area contributed by atoms with Gasteiger partial charge in [-0.25, -0.2) is 0 Å². The van der Waals surface area contributed by atoms with Crippen LogP contribution in [0, 0.1) is 3.57 Å². The zero-order valence-corrected chi connectivity index (χ0v) is 17.6. The van der Waals surface area contributed by atoms with Gasteiger partial charge >= 0.3 is 0 Å². The fraction of sp³-hybridized carbons (Fsp3) is 0.429. The van der Waals surface area contributed by atoms with Gasteiger partial charge in [0.1, 0.15) is 5.75 Å². The number of rotatable bonds is 3. The largest absolute Gasteiger partial charge is 0.487 e. The molecule has 0 fully saturated rings. The summed E-state index contributed by atoms with van der Waals surface area (Å²) in [5, 5.41) is 8.12. The van der Waals surface area contributed by atoms with Crippen LogP contribution in [0.5, 0.6) is 5.75 Å². The molecule has 0 unspecified atom stereocenters. The number of benzene rings is 1. The third-order valence-corrected chi connectivity index (χ3v) is 3.42. The smallest absolute Gasteiger partial charge is 0.264 e. The molecule has 0 aromatic heterocycles. The number of aliphatic hydroxyl groups excluding tert-OH is 1. The lowest BCUT2D eigenvalue weighted by Crippen LogP contribution is -2.32. The van der Waals surface area contributed by atoms with E-state index in [1.165, 1.54) is 0 Å². The summed E-state index contributed by atoms with van der Waals surface area (Å²) in [5.41, 5.74) is 4.40. The van der Waals surface area contributed by atoms with E-state index >= 15 is 0 Å². The Morgan fingerprint density at radius 1 is 1.32 bits per heavy atom. The number of halogens is 2. The molecule has 0 aliphatic rings. The summed E-state index contributed by atoms with van der Waals surface area (Å²) in [6, 6.07) is 5.62. The Bertz CT molecular complexity index is 468. The molecule has 0 spiro atoms. The fourth-order valence-electron chi connectivity index (χ4n) is 1.20. The molecule has 1 aromatic carbocycles. The molecule has 0 aliphatic carbocycles. The van der Waals surface area contributed by atoms with Crippen LogP contribution in [0.1, 0.15) is 27.7 Å². The number of nitrogens with two attached hydrogens (primary N) is 1. The van der Waals surface area contributed by atoms with E-state index < -0.39 is 5.17 Å². The van der Waals surface area contributed by atoms with Gasteiger partial charge in [0.15, 0.2) is 0 Å². The number of thiocarbonyl (C=S) groups is 2. The van der Waals surface area contributed by atoms with Crippen LogP contribution in [0.3, 0.4) is 0 Å². The number of hydrogen-bond acceptors (Lipinski definition) is 3. The number of ether oxygens (including phenoxy) is 1. The molecule has 0 amide bonds. The minimum absolute atomic E-state index is 0.466. The topological polar surface area (TPSA) is 58.7 Å². The summed E-state index contributed by atoms with van der Waals surface area (Å²) in [4.78, 5) is 1.96. The van der Waals surface area contributed by atoms with E-state index in [2.05, 4.69) is 40.5 Å². The molecule has 4 nitrogen and oxygen atoms in total. The summed E-state index contributed by atoms with van der Waals surface area (Å²) < 4.78 is 6.64.